The molecule has 112 valence electrons. The van der Waals surface area contributed by atoms with E-state index >= 15 is 0 Å². The van der Waals surface area contributed by atoms with Crippen molar-refractivity contribution in [1.29, 1.82) is 0 Å². The lowest BCUT2D eigenvalue weighted by atomic mass is 9.78. The zero-order chi connectivity index (χ0) is 15.2. The van der Waals surface area contributed by atoms with Gasteiger partial charge in [-0.15, -0.1) is 6.58 Å². The predicted molar refractivity (Wildman–Crippen MR) is 84.1 cm³/mol. The largest absolute Gasteiger partial charge is 0.320 e. The normalized spacial score (nSPS) is 15.9. The molecule has 0 fully saturated rings. The highest BCUT2D eigenvalue weighted by atomic mass is 19.1. The fraction of sp³-hybridized carbons (Fsp3) is 0.529. The van der Waals surface area contributed by atoms with Crippen LogP contribution in [0.2, 0.25) is 0 Å². The van der Waals surface area contributed by atoms with Crippen molar-refractivity contribution in [3.8, 4) is 0 Å². The van der Waals surface area contributed by atoms with Crippen molar-refractivity contribution in [1.82, 2.24) is 4.90 Å². The molecule has 0 bridgehead atoms. The summed E-state index contributed by atoms with van der Waals surface area (Å²) < 4.78 is 14.2. The van der Waals surface area contributed by atoms with Crippen molar-refractivity contribution >= 4 is 0 Å². The summed E-state index contributed by atoms with van der Waals surface area (Å²) in [6, 6.07) is 6.89. The summed E-state index contributed by atoms with van der Waals surface area (Å²) in [4.78, 5) is 2.10. The number of hydrogen-bond acceptors (Lipinski definition) is 2. The second kappa shape index (κ2) is 7.55. The molecule has 0 aliphatic carbocycles. The first-order valence-corrected chi connectivity index (χ1v) is 7.28. The lowest BCUT2D eigenvalue weighted by Gasteiger charge is -2.41. The molecule has 0 aromatic heterocycles. The summed E-state index contributed by atoms with van der Waals surface area (Å²) in [5.74, 6) is -0.236. The fourth-order valence-corrected chi connectivity index (χ4v) is 2.88. The van der Waals surface area contributed by atoms with Crippen molar-refractivity contribution in [3.63, 3.8) is 0 Å². The number of benzene rings is 1. The molecule has 1 aromatic carbocycles. The summed E-state index contributed by atoms with van der Waals surface area (Å²) in [5, 5.41) is 0. The van der Waals surface area contributed by atoms with E-state index in [0.29, 0.717) is 12.0 Å². The Bertz CT molecular complexity index is 431. The molecule has 1 aromatic rings. The molecule has 0 aliphatic heterocycles. The third kappa shape index (κ3) is 3.68. The van der Waals surface area contributed by atoms with Gasteiger partial charge in [0.2, 0.25) is 0 Å². The van der Waals surface area contributed by atoms with Gasteiger partial charge >= 0.3 is 0 Å². The van der Waals surface area contributed by atoms with Crippen LogP contribution < -0.4 is 5.73 Å². The molecule has 0 radical (unpaired) electrons. The van der Waals surface area contributed by atoms with Crippen LogP contribution in [0, 0.1) is 5.82 Å². The summed E-state index contributed by atoms with van der Waals surface area (Å²) in [7, 11) is 4.01. The molecule has 3 heteroatoms. The molecule has 2 unspecified atom stereocenters. The van der Waals surface area contributed by atoms with E-state index in [2.05, 4.69) is 18.4 Å². The standard InChI is InChI=1S/C17H27FN2/c1-5-7-12-16(20(3)4)17(19,13-6-2)14-10-8-9-11-15(14)18/h6,8-11,16H,2,5,7,12-13,19H2,1,3-4H3. The van der Waals surface area contributed by atoms with Gasteiger partial charge in [-0.25, -0.2) is 4.39 Å². The van der Waals surface area contributed by atoms with Crippen molar-refractivity contribution in [2.24, 2.45) is 5.73 Å². The minimum absolute atomic E-state index is 0.0809. The van der Waals surface area contributed by atoms with E-state index in [1.54, 1.807) is 18.2 Å². The SMILES string of the molecule is C=CCC(N)(c1ccccc1F)C(CCCC)N(C)C. The second-order valence-electron chi connectivity index (χ2n) is 5.63. The lowest BCUT2D eigenvalue weighted by Crippen LogP contribution is -2.54. The topological polar surface area (TPSA) is 29.3 Å². The van der Waals surface area contributed by atoms with Crippen LogP contribution in [0.5, 0.6) is 0 Å². The number of likely N-dealkylation sites (N-methyl/N-ethyl adjacent to an activating group) is 1. The van der Waals surface area contributed by atoms with Gasteiger partial charge in [0.1, 0.15) is 5.82 Å². The molecule has 0 spiro atoms. The Morgan fingerprint density at radius 2 is 2.05 bits per heavy atom. The van der Waals surface area contributed by atoms with Gasteiger partial charge in [-0.05, 0) is 33.0 Å². The summed E-state index contributed by atoms with van der Waals surface area (Å²) in [6.45, 7) is 5.96. The van der Waals surface area contributed by atoms with Gasteiger partial charge in [0.25, 0.3) is 0 Å². The third-order valence-corrected chi connectivity index (χ3v) is 3.91. The van der Waals surface area contributed by atoms with E-state index in [-0.39, 0.29) is 11.9 Å². The minimum atomic E-state index is -0.744. The van der Waals surface area contributed by atoms with E-state index in [1.807, 2.05) is 20.2 Å². The van der Waals surface area contributed by atoms with E-state index in [0.717, 1.165) is 19.3 Å². The molecule has 0 heterocycles. The molecule has 0 aliphatic rings. The molecular formula is C17H27FN2. The number of unbranched alkanes of at least 4 members (excludes halogenated alkanes) is 1. The van der Waals surface area contributed by atoms with Crippen LogP contribution in [0.3, 0.4) is 0 Å². The summed E-state index contributed by atoms with van der Waals surface area (Å²) in [6.07, 6.45) is 5.47. The maximum absolute atomic E-state index is 14.2. The molecule has 0 saturated heterocycles. The number of nitrogens with two attached hydrogens (primary N) is 1. The minimum Gasteiger partial charge on any atom is -0.320 e. The van der Waals surface area contributed by atoms with Gasteiger partial charge in [0.15, 0.2) is 0 Å². The van der Waals surface area contributed by atoms with Crippen LogP contribution in [-0.2, 0) is 5.54 Å². The van der Waals surface area contributed by atoms with Gasteiger partial charge < -0.3 is 10.6 Å². The molecule has 2 nitrogen and oxygen atoms in total. The van der Waals surface area contributed by atoms with Gasteiger partial charge in [-0.3, -0.25) is 0 Å². The van der Waals surface area contributed by atoms with Crippen LogP contribution in [0.4, 0.5) is 4.39 Å². The highest BCUT2D eigenvalue weighted by Gasteiger charge is 2.38. The Labute approximate surface area is 122 Å². The average molecular weight is 278 g/mol. The van der Waals surface area contributed by atoms with Crippen molar-refractivity contribution in [3.05, 3.63) is 48.3 Å². The van der Waals surface area contributed by atoms with Crippen LogP contribution in [0.1, 0.15) is 38.2 Å². The maximum atomic E-state index is 14.2. The van der Waals surface area contributed by atoms with E-state index < -0.39 is 5.54 Å². The van der Waals surface area contributed by atoms with Gasteiger partial charge in [0, 0.05) is 11.6 Å². The molecule has 2 N–H and O–H groups in total. The maximum Gasteiger partial charge on any atom is 0.128 e. The zero-order valence-electron chi connectivity index (χ0n) is 12.9. The Hall–Kier alpha value is -1.19. The smallest absolute Gasteiger partial charge is 0.128 e. The Morgan fingerprint density at radius 3 is 2.55 bits per heavy atom. The van der Waals surface area contributed by atoms with Crippen molar-refractivity contribution in [2.75, 3.05) is 14.1 Å². The van der Waals surface area contributed by atoms with Crippen LogP contribution >= 0.6 is 0 Å². The van der Waals surface area contributed by atoms with Crippen LogP contribution in [-0.4, -0.2) is 25.0 Å². The monoisotopic (exact) mass is 278 g/mol. The first-order valence-electron chi connectivity index (χ1n) is 7.28. The highest BCUT2D eigenvalue weighted by molar-refractivity contribution is 5.29. The third-order valence-electron chi connectivity index (χ3n) is 3.91. The first kappa shape index (κ1) is 16.9. The van der Waals surface area contributed by atoms with E-state index in [4.69, 9.17) is 5.73 Å². The Balaban J connectivity index is 3.23. The first-order chi connectivity index (χ1) is 9.47. The van der Waals surface area contributed by atoms with Crippen molar-refractivity contribution < 1.29 is 4.39 Å². The highest BCUT2D eigenvalue weighted by Crippen LogP contribution is 2.33. The predicted octanol–water partition coefficient (Wildman–Crippen LogP) is 3.68. The van der Waals surface area contributed by atoms with Gasteiger partial charge in [-0.2, -0.15) is 0 Å². The average Bonchev–Trinajstić information content (AvgIpc) is 2.39. The fourth-order valence-electron chi connectivity index (χ4n) is 2.88. The van der Waals surface area contributed by atoms with Crippen LogP contribution in [0.15, 0.2) is 36.9 Å². The quantitative estimate of drug-likeness (QED) is 0.735. The van der Waals surface area contributed by atoms with E-state index in [9.17, 15) is 4.39 Å². The molecule has 2 atom stereocenters. The summed E-state index contributed by atoms with van der Waals surface area (Å²) in [5.41, 5.74) is 6.50. The lowest BCUT2D eigenvalue weighted by molar-refractivity contribution is 0.159. The Morgan fingerprint density at radius 1 is 1.40 bits per heavy atom. The number of rotatable bonds is 8. The molecule has 1 rings (SSSR count). The van der Waals surface area contributed by atoms with Crippen LogP contribution in [0.25, 0.3) is 0 Å². The number of nitrogens with zero attached hydrogens (tertiary/aromatic N) is 1. The second-order valence-corrected chi connectivity index (χ2v) is 5.63. The molecule has 0 saturated carbocycles. The zero-order valence-corrected chi connectivity index (χ0v) is 12.9. The Kier molecular flexibility index (Phi) is 6.37. The molecule has 20 heavy (non-hydrogen) atoms. The number of hydrogen-bond donors (Lipinski definition) is 1. The summed E-state index contributed by atoms with van der Waals surface area (Å²) >= 11 is 0. The van der Waals surface area contributed by atoms with E-state index in [1.165, 1.54) is 6.07 Å². The molecule has 0 amide bonds. The number of halogens is 1. The van der Waals surface area contributed by atoms with Gasteiger partial charge in [0.05, 0.1) is 5.54 Å². The van der Waals surface area contributed by atoms with Crippen molar-refractivity contribution in [2.45, 2.75) is 44.2 Å². The molecular weight excluding hydrogens is 251 g/mol. The van der Waals surface area contributed by atoms with Gasteiger partial charge in [-0.1, -0.05) is 44.0 Å².